The number of ether oxygens (including phenoxy) is 1. The Balaban J connectivity index is 2.05. The number of nitrogens with zero attached hydrogens (tertiary/aromatic N) is 2. The summed E-state index contributed by atoms with van der Waals surface area (Å²) in [5.41, 5.74) is 1.07. The third kappa shape index (κ3) is 4.88. The number of anilines is 1. The second-order valence-electron chi connectivity index (χ2n) is 4.05. The zero-order valence-electron chi connectivity index (χ0n) is 11.4. The molecule has 0 aliphatic rings. The molecule has 1 N–H and O–H groups in total. The van der Waals surface area contributed by atoms with Crippen molar-refractivity contribution < 1.29 is 13.2 Å². The molecule has 0 spiro atoms. The highest BCUT2D eigenvalue weighted by molar-refractivity contribution is 7.95. The van der Waals surface area contributed by atoms with E-state index in [-0.39, 0.29) is 11.7 Å². The molecule has 2 aromatic rings. The van der Waals surface area contributed by atoms with Gasteiger partial charge in [0, 0.05) is 0 Å². The molecule has 0 aliphatic heterocycles. The molecule has 0 amide bonds. The third-order valence-electron chi connectivity index (χ3n) is 2.40. The van der Waals surface area contributed by atoms with Crippen molar-refractivity contribution in [3.05, 3.63) is 53.7 Å². The van der Waals surface area contributed by atoms with Crippen LogP contribution in [0.15, 0.2) is 48.1 Å². The van der Waals surface area contributed by atoms with Crippen LogP contribution in [0.4, 0.5) is 5.69 Å². The molecule has 0 atom stereocenters. The van der Waals surface area contributed by atoms with Gasteiger partial charge in [-0.15, -0.1) is 0 Å². The van der Waals surface area contributed by atoms with Crippen molar-refractivity contribution in [3.63, 3.8) is 0 Å². The molecule has 0 radical (unpaired) electrons. The summed E-state index contributed by atoms with van der Waals surface area (Å²) in [4.78, 5) is 7.77. The molecular formula is C14H15N3O3S. The van der Waals surface area contributed by atoms with E-state index in [0.29, 0.717) is 6.61 Å². The number of rotatable bonds is 6. The SMILES string of the molecule is CCOc1ncc(NS(=O)(=O)/C=C/c2ccccc2)cn1. The molecule has 0 aliphatic carbocycles. The maximum atomic E-state index is 11.9. The lowest BCUT2D eigenvalue weighted by Gasteiger charge is -2.04. The van der Waals surface area contributed by atoms with Crippen molar-refractivity contribution in [1.82, 2.24) is 9.97 Å². The van der Waals surface area contributed by atoms with Crippen molar-refractivity contribution in [1.29, 1.82) is 0 Å². The van der Waals surface area contributed by atoms with Crippen LogP contribution >= 0.6 is 0 Å². The highest BCUT2D eigenvalue weighted by Gasteiger charge is 2.06. The normalized spacial score (nSPS) is 11.5. The quantitative estimate of drug-likeness (QED) is 0.885. The summed E-state index contributed by atoms with van der Waals surface area (Å²) in [6.07, 6.45) is 4.22. The number of nitrogens with one attached hydrogen (secondary N) is 1. The Morgan fingerprint density at radius 3 is 2.48 bits per heavy atom. The highest BCUT2D eigenvalue weighted by atomic mass is 32.2. The molecule has 0 fully saturated rings. The second-order valence-corrected chi connectivity index (χ2v) is 5.61. The van der Waals surface area contributed by atoms with E-state index in [2.05, 4.69) is 14.7 Å². The topological polar surface area (TPSA) is 81.2 Å². The summed E-state index contributed by atoms with van der Waals surface area (Å²) in [6, 6.07) is 9.36. The average Bonchev–Trinajstić information content (AvgIpc) is 2.48. The lowest BCUT2D eigenvalue weighted by Crippen LogP contribution is -2.09. The molecule has 0 saturated carbocycles. The van der Waals surface area contributed by atoms with E-state index >= 15 is 0 Å². The Hall–Kier alpha value is -2.41. The fourth-order valence-corrected chi connectivity index (χ4v) is 2.34. The van der Waals surface area contributed by atoms with Crippen LogP contribution in [-0.2, 0) is 10.0 Å². The maximum Gasteiger partial charge on any atom is 0.316 e. The Morgan fingerprint density at radius 1 is 1.19 bits per heavy atom. The summed E-state index contributed by atoms with van der Waals surface area (Å²) in [7, 11) is -3.61. The van der Waals surface area contributed by atoms with E-state index in [1.165, 1.54) is 18.5 Å². The number of hydrogen-bond acceptors (Lipinski definition) is 5. The first-order chi connectivity index (χ1) is 10.1. The summed E-state index contributed by atoms with van der Waals surface area (Å²) in [6.45, 7) is 2.26. The molecule has 1 aromatic carbocycles. The van der Waals surface area contributed by atoms with Crippen LogP contribution in [0.1, 0.15) is 12.5 Å². The van der Waals surface area contributed by atoms with Gasteiger partial charge in [-0.05, 0) is 18.6 Å². The van der Waals surface area contributed by atoms with Gasteiger partial charge in [0.15, 0.2) is 0 Å². The number of sulfonamides is 1. The molecule has 21 heavy (non-hydrogen) atoms. The van der Waals surface area contributed by atoms with Crippen LogP contribution < -0.4 is 9.46 Å². The third-order valence-corrected chi connectivity index (χ3v) is 3.42. The second kappa shape index (κ2) is 6.85. The van der Waals surface area contributed by atoms with Gasteiger partial charge in [-0.25, -0.2) is 18.4 Å². The fourth-order valence-electron chi connectivity index (χ4n) is 1.50. The average molecular weight is 305 g/mol. The first-order valence-corrected chi connectivity index (χ1v) is 7.84. The largest absolute Gasteiger partial charge is 0.464 e. The van der Waals surface area contributed by atoms with Crippen LogP contribution in [0.3, 0.4) is 0 Å². The van der Waals surface area contributed by atoms with Gasteiger partial charge in [0.05, 0.1) is 30.1 Å². The van der Waals surface area contributed by atoms with Crippen molar-refractivity contribution >= 4 is 21.8 Å². The van der Waals surface area contributed by atoms with Crippen molar-refractivity contribution in [2.24, 2.45) is 0 Å². The van der Waals surface area contributed by atoms with Crippen molar-refractivity contribution in [2.75, 3.05) is 11.3 Å². The van der Waals surface area contributed by atoms with E-state index in [1.807, 2.05) is 37.3 Å². The van der Waals surface area contributed by atoms with E-state index in [1.54, 1.807) is 0 Å². The zero-order chi connectivity index (χ0) is 15.1. The van der Waals surface area contributed by atoms with Gasteiger partial charge in [-0.3, -0.25) is 4.72 Å². The lowest BCUT2D eigenvalue weighted by atomic mass is 10.2. The number of hydrogen-bond donors (Lipinski definition) is 1. The van der Waals surface area contributed by atoms with Gasteiger partial charge in [-0.2, -0.15) is 0 Å². The van der Waals surface area contributed by atoms with Crippen LogP contribution in [0.25, 0.3) is 6.08 Å². The minimum atomic E-state index is -3.61. The first kappa shape index (κ1) is 15.0. The van der Waals surface area contributed by atoms with E-state index < -0.39 is 10.0 Å². The van der Waals surface area contributed by atoms with Crippen LogP contribution in [0.5, 0.6) is 6.01 Å². The van der Waals surface area contributed by atoms with Gasteiger partial charge in [0.2, 0.25) is 0 Å². The van der Waals surface area contributed by atoms with Gasteiger partial charge >= 0.3 is 6.01 Å². The van der Waals surface area contributed by atoms with Crippen molar-refractivity contribution in [2.45, 2.75) is 6.92 Å². The van der Waals surface area contributed by atoms with Crippen LogP contribution in [-0.4, -0.2) is 25.0 Å². The molecule has 0 unspecified atom stereocenters. The van der Waals surface area contributed by atoms with Gasteiger partial charge in [-0.1, -0.05) is 30.3 Å². The Kier molecular flexibility index (Phi) is 4.89. The Labute approximate surface area is 123 Å². The molecule has 2 rings (SSSR count). The zero-order valence-corrected chi connectivity index (χ0v) is 12.2. The van der Waals surface area contributed by atoms with Gasteiger partial charge in [0.25, 0.3) is 10.0 Å². The van der Waals surface area contributed by atoms with E-state index in [9.17, 15) is 8.42 Å². The minimum absolute atomic E-state index is 0.209. The molecule has 1 aromatic heterocycles. The smallest absolute Gasteiger partial charge is 0.316 e. The number of aromatic nitrogens is 2. The van der Waals surface area contributed by atoms with E-state index in [4.69, 9.17) is 4.74 Å². The number of benzene rings is 1. The summed E-state index contributed by atoms with van der Waals surface area (Å²) in [5, 5.41) is 1.10. The molecule has 1 heterocycles. The summed E-state index contributed by atoms with van der Waals surface area (Å²) >= 11 is 0. The maximum absolute atomic E-state index is 11.9. The molecule has 0 saturated heterocycles. The predicted octanol–water partition coefficient (Wildman–Crippen LogP) is 2.29. The monoisotopic (exact) mass is 305 g/mol. The highest BCUT2D eigenvalue weighted by Crippen LogP contribution is 2.11. The standard InChI is InChI=1S/C14H15N3O3S/c1-2-20-14-15-10-13(11-16-14)17-21(18,19)9-8-12-6-4-3-5-7-12/h3-11,17H,2H2,1H3/b9-8+. The van der Waals surface area contributed by atoms with Gasteiger partial charge < -0.3 is 4.74 Å². The first-order valence-electron chi connectivity index (χ1n) is 6.30. The van der Waals surface area contributed by atoms with Crippen molar-refractivity contribution in [3.8, 4) is 6.01 Å². The fraction of sp³-hybridized carbons (Fsp3) is 0.143. The van der Waals surface area contributed by atoms with E-state index in [0.717, 1.165) is 11.0 Å². The molecule has 110 valence electrons. The Morgan fingerprint density at radius 2 is 1.86 bits per heavy atom. The van der Waals surface area contributed by atoms with Gasteiger partial charge in [0.1, 0.15) is 0 Å². The minimum Gasteiger partial charge on any atom is -0.464 e. The molecule has 0 bridgehead atoms. The summed E-state index contributed by atoms with van der Waals surface area (Å²) in [5.74, 6) is 0. The molecule has 6 nitrogen and oxygen atoms in total. The molecular weight excluding hydrogens is 290 g/mol. The predicted molar refractivity (Wildman–Crippen MR) is 81.2 cm³/mol. The molecule has 7 heteroatoms. The summed E-state index contributed by atoms with van der Waals surface area (Å²) < 4.78 is 31.2. The van der Waals surface area contributed by atoms with Crippen LogP contribution in [0, 0.1) is 0 Å². The Bertz CT molecular complexity index is 698. The van der Waals surface area contributed by atoms with Crippen LogP contribution in [0.2, 0.25) is 0 Å². The lowest BCUT2D eigenvalue weighted by molar-refractivity contribution is 0.312.